The lowest BCUT2D eigenvalue weighted by atomic mass is 9.67. The number of carboxylic acids is 1. The van der Waals surface area contributed by atoms with Gasteiger partial charge in [-0.3, -0.25) is 9.59 Å². The first-order valence-electron chi connectivity index (χ1n) is 8.45. The van der Waals surface area contributed by atoms with Gasteiger partial charge in [0, 0.05) is 0 Å². The molecule has 0 aromatic rings. The van der Waals surface area contributed by atoms with Crippen molar-refractivity contribution in [1.29, 1.82) is 0 Å². The van der Waals surface area contributed by atoms with Crippen LogP contribution in [0.1, 0.15) is 64.2 Å². The Bertz CT molecular complexity index is 354. The Kier molecular flexibility index (Phi) is 6.07. The predicted molar refractivity (Wildman–Crippen MR) is 79.8 cm³/mol. The van der Waals surface area contributed by atoms with E-state index in [0.717, 1.165) is 51.4 Å². The first kappa shape index (κ1) is 16.3. The zero-order valence-electron chi connectivity index (χ0n) is 13.1. The van der Waals surface area contributed by atoms with Crippen LogP contribution in [-0.4, -0.2) is 24.2 Å². The van der Waals surface area contributed by atoms with Gasteiger partial charge in [0.25, 0.3) is 0 Å². The minimum Gasteiger partial charge on any atom is -0.481 e. The van der Waals surface area contributed by atoms with E-state index >= 15 is 0 Å². The van der Waals surface area contributed by atoms with Crippen molar-refractivity contribution >= 4 is 11.9 Å². The maximum Gasteiger partial charge on any atom is 0.309 e. The van der Waals surface area contributed by atoms with E-state index in [0.29, 0.717) is 0 Å². The van der Waals surface area contributed by atoms with E-state index in [1.54, 1.807) is 0 Å². The van der Waals surface area contributed by atoms with Gasteiger partial charge in [0.2, 0.25) is 0 Å². The van der Waals surface area contributed by atoms with E-state index in [9.17, 15) is 14.7 Å². The predicted octanol–water partition coefficient (Wildman–Crippen LogP) is 3.64. The molecule has 0 aliphatic heterocycles. The Morgan fingerprint density at radius 3 is 1.67 bits per heavy atom. The summed E-state index contributed by atoms with van der Waals surface area (Å²) in [5.41, 5.74) is 0. The van der Waals surface area contributed by atoms with Gasteiger partial charge in [-0.2, -0.15) is 0 Å². The van der Waals surface area contributed by atoms with Crippen LogP contribution >= 0.6 is 0 Å². The van der Waals surface area contributed by atoms with Crippen molar-refractivity contribution < 1.29 is 19.4 Å². The molecule has 0 aromatic heterocycles. The largest absolute Gasteiger partial charge is 0.481 e. The van der Waals surface area contributed by atoms with Crippen LogP contribution < -0.4 is 0 Å². The molecule has 0 heterocycles. The first-order valence-corrected chi connectivity index (χ1v) is 8.45. The number of esters is 1. The third kappa shape index (κ3) is 3.98. The molecule has 2 fully saturated rings. The minimum absolute atomic E-state index is 0.141. The molecular formula is C17H28O4. The van der Waals surface area contributed by atoms with Crippen molar-refractivity contribution in [3.8, 4) is 0 Å². The van der Waals surface area contributed by atoms with Gasteiger partial charge in [0.05, 0.1) is 18.9 Å². The molecule has 0 aromatic carbocycles. The summed E-state index contributed by atoms with van der Waals surface area (Å²) in [4.78, 5) is 24.2. The van der Waals surface area contributed by atoms with E-state index in [1.165, 1.54) is 20.0 Å². The Morgan fingerprint density at radius 2 is 1.29 bits per heavy atom. The zero-order valence-corrected chi connectivity index (χ0v) is 13.1. The van der Waals surface area contributed by atoms with Gasteiger partial charge in [0.1, 0.15) is 0 Å². The molecule has 0 amide bonds. The van der Waals surface area contributed by atoms with Crippen LogP contribution in [0.25, 0.3) is 0 Å². The number of hydrogen-bond donors (Lipinski definition) is 1. The standard InChI is InChI=1S/C17H28O4/c1-21-17(20)15(13-10-6-3-7-11-13)14(16(18)19)12-8-4-2-5-9-12/h12-15H,2-11H2,1H3,(H,18,19)/t14-,15+/m0/s1. The molecule has 4 nitrogen and oxygen atoms in total. The Balaban J connectivity index is 2.20. The molecule has 1 N–H and O–H groups in total. The van der Waals surface area contributed by atoms with Crippen LogP contribution in [0.3, 0.4) is 0 Å². The highest BCUT2D eigenvalue weighted by Crippen LogP contribution is 2.41. The fourth-order valence-corrected chi connectivity index (χ4v) is 4.40. The zero-order chi connectivity index (χ0) is 15.2. The summed E-state index contributed by atoms with van der Waals surface area (Å²) < 4.78 is 4.99. The number of carboxylic acid groups (broad SMARTS) is 1. The van der Waals surface area contributed by atoms with Gasteiger partial charge in [-0.1, -0.05) is 38.5 Å². The first-order chi connectivity index (χ1) is 10.1. The van der Waals surface area contributed by atoms with E-state index in [1.807, 2.05) is 0 Å². The number of carbonyl (C=O) groups is 2. The van der Waals surface area contributed by atoms with Crippen molar-refractivity contribution in [2.24, 2.45) is 23.7 Å². The fourth-order valence-electron chi connectivity index (χ4n) is 4.40. The topological polar surface area (TPSA) is 63.6 Å². The van der Waals surface area contributed by atoms with Crippen LogP contribution in [0.15, 0.2) is 0 Å². The molecule has 2 rings (SSSR count). The minimum atomic E-state index is -0.803. The molecule has 2 aliphatic carbocycles. The van der Waals surface area contributed by atoms with E-state index < -0.39 is 17.8 Å². The molecule has 2 aliphatic rings. The molecule has 0 saturated heterocycles. The van der Waals surface area contributed by atoms with Crippen molar-refractivity contribution in [3.05, 3.63) is 0 Å². The Hall–Kier alpha value is -1.06. The molecule has 120 valence electrons. The molecule has 4 heteroatoms. The lowest BCUT2D eigenvalue weighted by Gasteiger charge is -2.37. The van der Waals surface area contributed by atoms with Crippen molar-refractivity contribution in [1.82, 2.24) is 0 Å². The molecule has 0 spiro atoms. The highest BCUT2D eigenvalue weighted by molar-refractivity contribution is 5.81. The SMILES string of the molecule is COC(=O)[C@H](C1CCCCC1)[C@@H](C(=O)O)C1CCCCC1. The van der Waals surface area contributed by atoms with Gasteiger partial charge in [-0.25, -0.2) is 0 Å². The van der Waals surface area contributed by atoms with Crippen molar-refractivity contribution in [3.63, 3.8) is 0 Å². The summed E-state index contributed by atoms with van der Waals surface area (Å²) in [7, 11) is 1.39. The monoisotopic (exact) mass is 296 g/mol. The lowest BCUT2D eigenvalue weighted by molar-refractivity contribution is -0.162. The number of aliphatic carboxylic acids is 1. The molecule has 21 heavy (non-hydrogen) atoms. The van der Waals surface area contributed by atoms with Gasteiger partial charge in [-0.05, 0) is 37.5 Å². The summed E-state index contributed by atoms with van der Waals surface area (Å²) in [6.07, 6.45) is 10.6. The quantitative estimate of drug-likeness (QED) is 0.787. The summed E-state index contributed by atoms with van der Waals surface area (Å²) >= 11 is 0. The molecular weight excluding hydrogens is 268 g/mol. The van der Waals surface area contributed by atoms with Crippen LogP contribution in [0.4, 0.5) is 0 Å². The van der Waals surface area contributed by atoms with Crippen molar-refractivity contribution in [2.75, 3.05) is 7.11 Å². The van der Waals surface area contributed by atoms with Crippen LogP contribution in [0.5, 0.6) is 0 Å². The number of carbonyl (C=O) groups excluding carboxylic acids is 1. The number of methoxy groups -OCH3 is 1. The molecule has 2 atom stereocenters. The highest BCUT2D eigenvalue weighted by atomic mass is 16.5. The second kappa shape index (κ2) is 7.81. The number of rotatable bonds is 5. The summed E-state index contributed by atoms with van der Waals surface area (Å²) in [6.45, 7) is 0. The second-order valence-electron chi connectivity index (χ2n) is 6.71. The third-order valence-electron chi connectivity index (χ3n) is 5.46. The van der Waals surface area contributed by atoms with E-state index in [-0.39, 0.29) is 17.8 Å². The molecule has 0 bridgehead atoms. The maximum atomic E-state index is 12.3. The summed E-state index contributed by atoms with van der Waals surface area (Å²) in [6, 6.07) is 0. The highest BCUT2D eigenvalue weighted by Gasteiger charge is 2.44. The normalized spacial score (nSPS) is 24.2. The third-order valence-corrected chi connectivity index (χ3v) is 5.46. The van der Waals surface area contributed by atoms with Crippen LogP contribution in [-0.2, 0) is 14.3 Å². The van der Waals surface area contributed by atoms with Crippen LogP contribution in [0, 0.1) is 23.7 Å². The van der Waals surface area contributed by atoms with Gasteiger partial charge < -0.3 is 9.84 Å². The smallest absolute Gasteiger partial charge is 0.309 e. The average molecular weight is 296 g/mol. The number of hydrogen-bond acceptors (Lipinski definition) is 3. The van der Waals surface area contributed by atoms with Gasteiger partial charge in [0.15, 0.2) is 0 Å². The second-order valence-corrected chi connectivity index (χ2v) is 6.71. The maximum absolute atomic E-state index is 12.3. The van der Waals surface area contributed by atoms with E-state index in [2.05, 4.69) is 0 Å². The summed E-state index contributed by atoms with van der Waals surface area (Å²) in [5, 5.41) is 9.76. The number of ether oxygens (including phenoxy) is 1. The molecule has 0 radical (unpaired) electrons. The average Bonchev–Trinajstić information content (AvgIpc) is 2.53. The summed E-state index contributed by atoms with van der Waals surface area (Å²) in [5.74, 6) is -1.78. The van der Waals surface area contributed by atoms with Crippen LogP contribution in [0.2, 0.25) is 0 Å². The van der Waals surface area contributed by atoms with E-state index in [4.69, 9.17) is 4.74 Å². The van der Waals surface area contributed by atoms with Gasteiger partial charge in [-0.15, -0.1) is 0 Å². The lowest BCUT2D eigenvalue weighted by Crippen LogP contribution is -2.41. The fraction of sp³-hybridized carbons (Fsp3) is 0.882. The Morgan fingerprint density at radius 1 is 0.857 bits per heavy atom. The Labute approximate surface area is 127 Å². The van der Waals surface area contributed by atoms with Gasteiger partial charge >= 0.3 is 11.9 Å². The van der Waals surface area contributed by atoms with Crippen molar-refractivity contribution in [2.45, 2.75) is 64.2 Å². The molecule has 0 unspecified atom stereocenters. The molecule has 2 saturated carbocycles.